The van der Waals surface area contributed by atoms with Crippen molar-refractivity contribution < 1.29 is 19.0 Å². The predicted octanol–water partition coefficient (Wildman–Crippen LogP) is 2.63. The number of ether oxygens (including phenoxy) is 3. The highest BCUT2D eigenvalue weighted by molar-refractivity contribution is 5.95. The molecular weight excluding hydrogens is 362 g/mol. The van der Waals surface area contributed by atoms with Crippen LogP contribution in [0.2, 0.25) is 0 Å². The Morgan fingerprint density at radius 1 is 0.893 bits per heavy atom. The maximum Gasteiger partial charge on any atom is 0.269 e. The van der Waals surface area contributed by atoms with Crippen molar-refractivity contribution in [2.45, 2.75) is 0 Å². The monoisotopic (exact) mass is 381 g/mol. The number of nitrogens with one attached hydrogen (secondary N) is 2. The van der Waals surface area contributed by atoms with Crippen LogP contribution in [0.4, 0.5) is 11.5 Å². The Labute approximate surface area is 161 Å². The number of nitrogen functional groups attached to an aromatic ring is 1. The van der Waals surface area contributed by atoms with Crippen molar-refractivity contribution in [3.05, 3.63) is 60.4 Å². The van der Waals surface area contributed by atoms with Crippen LogP contribution in [0, 0.1) is 0 Å². The highest BCUT2D eigenvalue weighted by atomic mass is 16.5. The predicted molar refractivity (Wildman–Crippen MR) is 104 cm³/mol. The van der Waals surface area contributed by atoms with Gasteiger partial charge in [0.15, 0.2) is 5.82 Å². The van der Waals surface area contributed by atoms with Gasteiger partial charge in [-0.05, 0) is 48.5 Å². The van der Waals surface area contributed by atoms with E-state index in [1.165, 1.54) is 6.33 Å². The Hall–Kier alpha value is -4.01. The molecule has 144 valence electrons. The maximum atomic E-state index is 12.2. The molecule has 0 unspecified atom stereocenters. The Morgan fingerprint density at radius 2 is 1.46 bits per heavy atom. The summed E-state index contributed by atoms with van der Waals surface area (Å²) in [6.45, 7) is 0. The summed E-state index contributed by atoms with van der Waals surface area (Å²) in [5.41, 5.74) is 11.8. The molecular formula is C19H19N5O4. The molecule has 0 bridgehead atoms. The number of hydrazine groups is 1. The molecule has 0 atom stereocenters. The fraction of sp³-hybridized carbons (Fsp3) is 0.105. The summed E-state index contributed by atoms with van der Waals surface area (Å²) in [5, 5.41) is 0. The van der Waals surface area contributed by atoms with Crippen molar-refractivity contribution in [3.8, 4) is 23.1 Å². The lowest BCUT2D eigenvalue weighted by atomic mass is 10.2. The number of hydrogen-bond donors (Lipinski definition) is 3. The lowest BCUT2D eigenvalue weighted by Crippen LogP contribution is -2.30. The molecule has 4 N–H and O–H groups in total. The zero-order valence-electron chi connectivity index (χ0n) is 15.3. The second-order valence-corrected chi connectivity index (χ2v) is 5.53. The van der Waals surface area contributed by atoms with Crippen LogP contribution in [0.1, 0.15) is 10.4 Å². The van der Waals surface area contributed by atoms with Gasteiger partial charge in [-0.2, -0.15) is 4.98 Å². The fourth-order valence-corrected chi connectivity index (χ4v) is 2.25. The standard InChI is InChI=1S/C19H19N5O4/c1-26-13-5-3-12(4-6-13)18(25)24-23-17-16(20)19(22-11-21-17)28-15-9-7-14(27-2)8-10-15/h3-11H,20H2,1-2H3,(H,24,25)(H,21,22,23). The van der Waals surface area contributed by atoms with Gasteiger partial charge in [0.2, 0.25) is 5.88 Å². The van der Waals surface area contributed by atoms with Gasteiger partial charge < -0.3 is 19.9 Å². The molecule has 0 aliphatic heterocycles. The zero-order valence-corrected chi connectivity index (χ0v) is 15.3. The minimum Gasteiger partial charge on any atom is -0.497 e. The average Bonchev–Trinajstić information content (AvgIpc) is 2.74. The van der Waals surface area contributed by atoms with Crippen molar-refractivity contribution in [1.29, 1.82) is 0 Å². The van der Waals surface area contributed by atoms with E-state index in [1.807, 2.05) is 0 Å². The average molecular weight is 381 g/mol. The topological polar surface area (TPSA) is 121 Å². The number of aromatic nitrogens is 2. The largest absolute Gasteiger partial charge is 0.497 e. The third-order valence-corrected chi connectivity index (χ3v) is 3.77. The molecule has 9 nitrogen and oxygen atoms in total. The second kappa shape index (κ2) is 8.58. The van der Waals surface area contributed by atoms with Crippen molar-refractivity contribution in [2.24, 2.45) is 0 Å². The molecule has 0 fully saturated rings. The van der Waals surface area contributed by atoms with Crippen molar-refractivity contribution >= 4 is 17.4 Å². The number of anilines is 2. The van der Waals surface area contributed by atoms with E-state index >= 15 is 0 Å². The molecule has 0 spiro atoms. The summed E-state index contributed by atoms with van der Waals surface area (Å²) in [7, 11) is 3.14. The van der Waals surface area contributed by atoms with Gasteiger partial charge in [-0.15, -0.1) is 0 Å². The molecule has 1 heterocycles. The smallest absolute Gasteiger partial charge is 0.269 e. The number of nitrogens with two attached hydrogens (primary N) is 1. The molecule has 0 aliphatic carbocycles. The van der Waals surface area contributed by atoms with E-state index < -0.39 is 0 Å². The molecule has 0 aliphatic rings. The Kier molecular flexibility index (Phi) is 5.75. The summed E-state index contributed by atoms with van der Waals surface area (Å²) in [5.74, 6) is 1.89. The maximum absolute atomic E-state index is 12.2. The van der Waals surface area contributed by atoms with E-state index in [9.17, 15) is 4.79 Å². The molecule has 2 aromatic carbocycles. The number of methoxy groups -OCH3 is 2. The lowest BCUT2D eigenvalue weighted by Gasteiger charge is -2.12. The number of amides is 1. The van der Waals surface area contributed by atoms with Gasteiger partial charge in [0.05, 0.1) is 14.2 Å². The highest BCUT2D eigenvalue weighted by Crippen LogP contribution is 2.29. The van der Waals surface area contributed by atoms with Gasteiger partial charge in [-0.25, -0.2) is 4.98 Å². The Morgan fingerprint density at radius 3 is 2.07 bits per heavy atom. The van der Waals surface area contributed by atoms with Crippen molar-refractivity contribution in [3.63, 3.8) is 0 Å². The van der Waals surface area contributed by atoms with Crippen LogP contribution in [-0.4, -0.2) is 30.1 Å². The Balaban J connectivity index is 1.67. The summed E-state index contributed by atoms with van der Waals surface area (Å²) in [4.78, 5) is 20.3. The van der Waals surface area contributed by atoms with Gasteiger partial charge in [0.1, 0.15) is 29.3 Å². The van der Waals surface area contributed by atoms with E-state index in [0.29, 0.717) is 22.8 Å². The van der Waals surface area contributed by atoms with Crippen LogP contribution in [0.5, 0.6) is 23.1 Å². The van der Waals surface area contributed by atoms with E-state index in [-0.39, 0.29) is 23.3 Å². The minimum absolute atomic E-state index is 0.147. The first-order valence-electron chi connectivity index (χ1n) is 8.23. The zero-order chi connectivity index (χ0) is 19.9. The molecule has 3 rings (SSSR count). The third kappa shape index (κ3) is 4.39. The summed E-state index contributed by atoms with van der Waals surface area (Å²) >= 11 is 0. The van der Waals surface area contributed by atoms with Crippen LogP contribution in [-0.2, 0) is 0 Å². The fourth-order valence-electron chi connectivity index (χ4n) is 2.25. The molecule has 0 saturated heterocycles. The molecule has 3 aromatic rings. The normalized spacial score (nSPS) is 10.1. The number of benzene rings is 2. The number of rotatable bonds is 7. The highest BCUT2D eigenvalue weighted by Gasteiger charge is 2.12. The van der Waals surface area contributed by atoms with Crippen LogP contribution < -0.4 is 30.8 Å². The molecule has 1 amide bonds. The van der Waals surface area contributed by atoms with Gasteiger partial charge >= 0.3 is 0 Å². The van der Waals surface area contributed by atoms with E-state index in [4.69, 9.17) is 19.9 Å². The third-order valence-electron chi connectivity index (χ3n) is 3.77. The molecule has 0 radical (unpaired) electrons. The number of nitrogens with zero attached hydrogens (tertiary/aromatic N) is 2. The number of hydrogen-bond acceptors (Lipinski definition) is 8. The summed E-state index contributed by atoms with van der Waals surface area (Å²) in [6.07, 6.45) is 1.27. The van der Waals surface area contributed by atoms with E-state index in [2.05, 4.69) is 20.8 Å². The minimum atomic E-state index is -0.363. The molecule has 1 aromatic heterocycles. The quantitative estimate of drug-likeness (QED) is 0.534. The van der Waals surface area contributed by atoms with Gasteiger partial charge in [0, 0.05) is 5.56 Å². The first-order valence-corrected chi connectivity index (χ1v) is 8.23. The van der Waals surface area contributed by atoms with E-state index in [0.717, 1.165) is 0 Å². The van der Waals surface area contributed by atoms with Crippen LogP contribution >= 0.6 is 0 Å². The first-order chi connectivity index (χ1) is 13.6. The van der Waals surface area contributed by atoms with Gasteiger partial charge in [0.25, 0.3) is 5.91 Å². The molecule has 28 heavy (non-hydrogen) atoms. The van der Waals surface area contributed by atoms with Gasteiger partial charge in [-0.1, -0.05) is 0 Å². The molecule has 0 saturated carbocycles. The first kappa shape index (κ1) is 18.8. The summed E-state index contributed by atoms with van der Waals surface area (Å²) < 4.78 is 15.8. The van der Waals surface area contributed by atoms with Crippen molar-refractivity contribution in [2.75, 3.05) is 25.4 Å². The Bertz CT molecular complexity index is 946. The van der Waals surface area contributed by atoms with Crippen LogP contribution in [0.3, 0.4) is 0 Å². The number of carbonyl (C=O) groups excluding carboxylic acids is 1. The van der Waals surface area contributed by atoms with Crippen LogP contribution in [0.15, 0.2) is 54.9 Å². The number of carbonyl (C=O) groups is 1. The van der Waals surface area contributed by atoms with Gasteiger partial charge in [-0.3, -0.25) is 15.6 Å². The summed E-state index contributed by atoms with van der Waals surface area (Å²) in [6, 6.07) is 13.6. The van der Waals surface area contributed by atoms with E-state index in [1.54, 1.807) is 62.8 Å². The second-order valence-electron chi connectivity index (χ2n) is 5.53. The van der Waals surface area contributed by atoms with Crippen molar-refractivity contribution in [1.82, 2.24) is 15.4 Å². The lowest BCUT2D eigenvalue weighted by molar-refractivity contribution is 0.0962. The SMILES string of the molecule is COc1ccc(Oc2ncnc(NNC(=O)c3ccc(OC)cc3)c2N)cc1. The van der Waals surface area contributed by atoms with Crippen LogP contribution in [0.25, 0.3) is 0 Å². The molecule has 9 heteroatoms.